The maximum atomic E-state index is 5.95. The molecule has 4 heteroatoms. The van der Waals surface area contributed by atoms with Gasteiger partial charge in [-0.3, -0.25) is 0 Å². The monoisotopic (exact) mass is 425 g/mol. The zero-order chi connectivity index (χ0) is 16.3. The van der Waals surface area contributed by atoms with Crippen molar-refractivity contribution < 1.29 is 4.74 Å². The lowest BCUT2D eigenvalue weighted by Gasteiger charge is -2.17. The van der Waals surface area contributed by atoms with Crippen LogP contribution in [0.25, 0.3) is 0 Å². The van der Waals surface area contributed by atoms with Gasteiger partial charge in [-0.2, -0.15) is 0 Å². The van der Waals surface area contributed by atoms with Crippen molar-refractivity contribution in [1.82, 2.24) is 0 Å². The Hall–Kier alpha value is -1.00. The summed E-state index contributed by atoms with van der Waals surface area (Å²) in [5, 5.41) is 3.48. The number of aryl methyl sites for hydroxylation is 2. The molecule has 2 aromatic rings. The molecule has 0 heterocycles. The highest BCUT2D eigenvalue weighted by atomic mass is 79.9. The summed E-state index contributed by atoms with van der Waals surface area (Å²) < 4.78 is 7.95. The van der Waals surface area contributed by atoms with E-state index in [2.05, 4.69) is 75.3 Å². The number of halogens is 2. The molecule has 0 aliphatic heterocycles. The first-order valence-corrected chi connectivity index (χ1v) is 8.91. The maximum Gasteiger partial charge on any atom is 0.138 e. The highest BCUT2D eigenvalue weighted by molar-refractivity contribution is 9.11. The average Bonchev–Trinajstić information content (AvgIpc) is 2.43. The number of rotatable bonds is 5. The summed E-state index contributed by atoms with van der Waals surface area (Å²) in [6, 6.07) is 10.5. The van der Waals surface area contributed by atoms with Crippen LogP contribution in [0.1, 0.15) is 30.5 Å². The zero-order valence-electron chi connectivity index (χ0n) is 13.3. The van der Waals surface area contributed by atoms with Crippen LogP contribution in [0.3, 0.4) is 0 Å². The molecule has 118 valence electrons. The van der Waals surface area contributed by atoms with Gasteiger partial charge in [0, 0.05) is 22.3 Å². The second-order valence-corrected chi connectivity index (χ2v) is 7.47. The van der Waals surface area contributed by atoms with Gasteiger partial charge in [0.25, 0.3) is 0 Å². The standard InChI is InChI=1S/C18H21Br2NO/c1-11(2)22-18-14(8-15(19)9-17(18)20)10-21-16-6-5-12(3)13(4)7-16/h5-9,11,21H,10H2,1-4H3. The van der Waals surface area contributed by atoms with Gasteiger partial charge in [0.05, 0.1) is 10.6 Å². The fourth-order valence-corrected chi connectivity index (χ4v) is 3.57. The van der Waals surface area contributed by atoms with E-state index in [1.165, 1.54) is 11.1 Å². The molecule has 0 aromatic heterocycles. The van der Waals surface area contributed by atoms with Gasteiger partial charge < -0.3 is 10.1 Å². The molecule has 2 aromatic carbocycles. The second kappa shape index (κ2) is 7.51. The van der Waals surface area contributed by atoms with Crippen molar-refractivity contribution in [1.29, 1.82) is 0 Å². The Labute approximate surface area is 149 Å². The van der Waals surface area contributed by atoms with Crippen LogP contribution in [0.4, 0.5) is 5.69 Å². The van der Waals surface area contributed by atoms with Gasteiger partial charge >= 0.3 is 0 Å². The van der Waals surface area contributed by atoms with Crippen LogP contribution >= 0.6 is 31.9 Å². The smallest absolute Gasteiger partial charge is 0.138 e. The van der Waals surface area contributed by atoms with E-state index in [-0.39, 0.29) is 6.10 Å². The van der Waals surface area contributed by atoms with Gasteiger partial charge in [0.2, 0.25) is 0 Å². The molecular formula is C18H21Br2NO. The molecule has 2 nitrogen and oxygen atoms in total. The van der Waals surface area contributed by atoms with Gasteiger partial charge in [-0.1, -0.05) is 22.0 Å². The first kappa shape index (κ1) is 17.4. The van der Waals surface area contributed by atoms with E-state index in [4.69, 9.17) is 4.74 Å². The number of anilines is 1. The summed E-state index contributed by atoms with van der Waals surface area (Å²) >= 11 is 7.14. The van der Waals surface area contributed by atoms with Crippen LogP contribution < -0.4 is 10.1 Å². The number of nitrogens with one attached hydrogen (secondary N) is 1. The number of benzene rings is 2. The Morgan fingerprint density at radius 2 is 1.77 bits per heavy atom. The van der Waals surface area contributed by atoms with Crippen molar-refractivity contribution in [3.63, 3.8) is 0 Å². The summed E-state index contributed by atoms with van der Waals surface area (Å²) in [4.78, 5) is 0. The van der Waals surface area contributed by atoms with Gasteiger partial charge in [-0.15, -0.1) is 0 Å². The fraction of sp³-hybridized carbons (Fsp3) is 0.333. The van der Waals surface area contributed by atoms with Gasteiger partial charge in [-0.05, 0) is 79.0 Å². The molecule has 0 radical (unpaired) electrons. The van der Waals surface area contributed by atoms with Crippen molar-refractivity contribution in [3.05, 3.63) is 56.0 Å². The highest BCUT2D eigenvalue weighted by Gasteiger charge is 2.12. The van der Waals surface area contributed by atoms with E-state index < -0.39 is 0 Å². The Morgan fingerprint density at radius 3 is 2.41 bits per heavy atom. The van der Waals surface area contributed by atoms with Crippen LogP contribution in [-0.2, 0) is 6.54 Å². The lowest BCUT2D eigenvalue weighted by Crippen LogP contribution is -2.10. The maximum absolute atomic E-state index is 5.95. The SMILES string of the molecule is Cc1ccc(NCc2cc(Br)cc(Br)c2OC(C)C)cc1C. The molecule has 0 saturated heterocycles. The minimum atomic E-state index is 0.137. The third-order valence-corrected chi connectivity index (χ3v) is 4.48. The third kappa shape index (κ3) is 4.50. The van der Waals surface area contributed by atoms with Crippen molar-refractivity contribution in [2.75, 3.05) is 5.32 Å². The first-order valence-electron chi connectivity index (χ1n) is 7.32. The van der Waals surface area contributed by atoms with E-state index in [9.17, 15) is 0 Å². The van der Waals surface area contributed by atoms with E-state index in [1.54, 1.807) is 0 Å². The summed E-state index contributed by atoms with van der Waals surface area (Å²) in [7, 11) is 0. The van der Waals surface area contributed by atoms with Gasteiger partial charge in [0.15, 0.2) is 0 Å². The predicted molar refractivity (Wildman–Crippen MR) is 101 cm³/mol. The molecule has 1 N–H and O–H groups in total. The zero-order valence-corrected chi connectivity index (χ0v) is 16.5. The Balaban J connectivity index is 2.22. The number of hydrogen-bond acceptors (Lipinski definition) is 2. The van der Waals surface area contributed by atoms with Crippen LogP contribution in [0.15, 0.2) is 39.3 Å². The predicted octanol–water partition coefficient (Wildman–Crippen LogP) is 6.23. The van der Waals surface area contributed by atoms with E-state index in [0.717, 1.165) is 25.9 Å². The number of ether oxygens (including phenoxy) is 1. The Bertz CT molecular complexity index is 668. The molecule has 0 atom stereocenters. The largest absolute Gasteiger partial charge is 0.489 e. The summed E-state index contributed by atoms with van der Waals surface area (Å²) in [5.41, 5.74) is 4.83. The van der Waals surface area contributed by atoms with Crippen molar-refractivity contribution in [2.24, 2.45) is 0 Å². The van der Waals surface area contributed by atoms with Gasteiger partial charge in [-0.25, -0.2) is 0 Å². The molecule has 0 unspecified atom stereocenters. The fourth-order valence-electron chi connectivity index (χ4n) is 2.16. The van der Waals surface area contributed by atoms with E-state index in [0.29, 0.717) is 6.54 Å². The Kier molecular flexibility index (Phi) is 5.93. The highest BCUT2D eigenvalue weighted by Crippen LogP contribution is 2.34. The minimum absolute atomic E-state index is 0.137. The van der Waals surface area contributed by atoms with Crippen LogP contribution in [0.5, 0.6) is 5.75 Å². The second-order valence-electron chi connectivity index (χ2n) is 5.70. The summed E-state index contributed by atoms with van der Waals surface area (Å²) in [6.45, 7) is 9.04. The van der Waals surface area contributed by atoms with Crippen molar-refractivity contribution >= 4 is 37.5 Å². The first-order chi connectivity index (χ1) is 10.4. The topological polar surface area (TPSA) is 21.3 Å². The molecule has 0 saturated carbocycles. The quantitative estimate of drug-likeness (QED) is 0.611. The molecule has 0 bridgehead atoms. The Morgan fingerprint density at radius 1 is 1.05 bits per heavy atom. The lowest BCUT2D eigenvalue weighted by atomic mass is 10.1. The molecule has 2 rings (SSSR count). The summed E-state index contributed by atoms with van der Waals surface area (Å²) in [5.74, 6) is 0.898. The van der Waals surface area contributed by atoms with Crippen molar-refractivity contribution in [2.45, 2.75) is 40.3 Å². The molecule has 0 aliphatic carbocycles. The molecule has 0 amide bonds. The molecule has 0 aliphatic rings. The average molecular weight is 427 g/mol. The van der Waals surface area contributed by atoms with E-state index >= 15 is 0 Å². The van der Waals surface area contributed by atoms with Crippen LogP contribution in [0.2, 0.25) is 0 Å². The van der Waals surface area contributed by atoms with Crippen LogP contribution in [-0.4, -0.2) is 6.10 Å². The van der Waals surface area contributed by atoms with Gasteiger partial charge in [0.1, 0.15) is 5.75 Å². The normalized spacial score (nSPS) is 10.9. The molecule has 0 fully saturated rings. The minimum Gasteiger partial charge on any atom is -0.489 e. The molecule has 22 heavy (non-hydrogen) atoms. The molecular weight excluding hydrogens is 406 g/mol. The lowest BCUT2D eigenvalue weighted by molar-refractivity contribution is 0.238. The number of hydrogen-bond donors (Lipinski definition) is 1. The van der Waals surface area contributed by atoms with Crippen LogP contribution in [0, 0.1) is 13.8 Å². The molecule has 0 spiro atoms. The van der Waals surface area contributed by atoms with E-state index in [1.807, 2.05) is 19.9 Å². The third-order valence-electron chi connectivity index (χ3n) is 3.43. The summed E-state index contributed by atoms with van der Waals surface area (Å²) in [6.07, 6.45) is 0.137. The van der Waals surface area contributed by atoms with Crippen molar-refractivity contribution in [3.8, 4) is 5.75 Å².